The minimum Gasteiger partial charge on any atom is -0.336 e. The number of piperazine rings is 1. The SMILES string of the molecule is Cc1ccc(C(=O)N2CCN(S(=O)(=O)N(C)C3CCCCC3)CC2)cc1. The van der Waals surface area contributed by atoms with Crippen molar-refractivity contribution in [2.75, 3.05) is 33.2 Å². The lowest BCUT2D eigenvalue weighted by atomic mass is 9.96. The summed E-state index contributed by atoms with van der Waals surface area (Å²) in [7, 11) is -1.75. The number of hydrogen-bond acceptors (Lipinski definition) is 3. The molecule has 0 aromatic heterocycles. The molecule has 1 aromatic carbocycles. The van der Waals surface area contributed by atoms with Crippen molar-refractivity contribution >= 4 is 16.1 Å². The molecule has 0 N–H and O–H groups in total. The highest BCUT2D eigenvalue weighted by Gasteiger charge is 2.35. The number of aryl methyl sites for hydroxylation is 1. The van der Waals surface area contributed by atoms with Gasteiger partial charge in [0, 0.05) is 44.8 Å². The molecule has 144 valence electrons. The van der Waals surface area contributed by atoms with Gasteiger partial charge in [0.1, 0.15) is 0 Å². The number of amides is 1. The van der Waals surface area contributed by atoms with Gasteiger partial charge in [-0.15, -0.1) is 0 Å². The minimum atomic E-state index is -3.45. The van der Waals surface area contributed by atoms with Gasteiger partial charge >= 0.3 is 0 Å². The zero-order chi connectivity index (χ0) is 18.7. The van der Waals surface area contributed by atoms with Gasteiger partial charge in [-0.3, -0.25) is 4.79 Å². The molecule has 1 saturated heterocycles. The van der Waals surface area contributed by atoms with Crippen LogP contribution in [-0.4, -0.2) is 67.1 Å². The van der Waals surface area contributed by atoms with Gasteiger partial charge < -0.3 is 4.90 Å². The molecule has 1 amide bonds. The first kappa shape index (κ1) is 19.3. The summed E-state index contributed by atoms with van der Waals surface area (Å²) in [6.45, 7) is 3.57. The smallest absolute Gasteiger partial charge is 0.282 e. The van der Waals surface area contributed by atoms with Crippen molar-refractivity contribution < 1.29 is 13.2 Å². The van der Waals surface area contributed by atoms with E-state index < -0.39 is 10.2 Å². The molecule has 7 heteroatoms. The number of carbonyl (C=O) groups excluding carboxylic acids is 1. The van der Waals surface area contributed by atoms with E-state index in [0.717, 1.165) is 31.2 Å². The molecule has 1 heterocycles. The molecule has 2 aliphatic rings. The van der Waals surface area contributed by atoms with Crippen molar-refractivity contribution in [1.82, 2.24) is 13.5 Å². The Morgan fingerprint density at radius 1 is 1.00 bits per heavy atom. The van der Waals surface area contributed by atoms with E-state index in [0.29, 0.717) is 31.7 Å². The van der Waals surface area contributed by atoms with Gasteiger partial charge in [-0.2, -0.15) is 17.0 Å². The Hall–Kier alpha value is -1.44. The van der Waals surface area contributed by atoms with Crippen LogP contribution in [0.15, 0.2) is 24.3 Å². The van der Waals surface area contributed by atoms with E-state index in [4.69, 9.17) is 0 Å². The Morgan fingerprint density at radius 3 is 2.15 bits per heavy atom. The monoisotopic (exact) mass is 379 g/mol. The van der Waals surface area contributed by atoms with Crippen LogP contribution >= 0.6 is 0 Å². The quantitative estimate of drug-likeness (QED) is 0.806. The largest absolute Gasteiger partial charge is 0.336 e. The maximum absolute atomic E-state index is 12.9. The molecular formula is C19H29N3O3S. The van der Waals surface area contributed by atoms with E-state index in [-0.39, 0.29) is 11.9 Å². The van der Waals surface area contributed by atoms with Crippen LogP contribution in [0, 0.1) is 6.92 Å². The third kappa shape index (κ3) is 4.10. The van der Waals surface area contributed by atoms with Crippen LogP contribution in [0.5, 0.6) is 0 Å². The van der Waals surface area contributed by atoms with Crippen LogP contribution in [0.1, 0.15) is 48.0 Å². The predicted octanol–water partition coefficient (Wildman–Crippen LogP) is 2.26. The van der Waals surface area contributed by atoms with Crippen molar-refractivity contribution in [1.29, 1.82) is 0 Å². The predicted molar refractivity (Wildman–Crippen MR) is 102 cm³/mol. The van der Waals surface area contributed by atoms with E-state index >= 15 is 0 Å². The van der Waals surface area contributed by atoms with Crippen LogP contribution in [0.2, 0.25) is 0 Å². The summed E-state index contributed by atoms with van der Waals surface area (Å²) in [6, 6.07) is 7.62. The number of rotatable bonds is 4. The van der Waals surface area contributed by atoms with Gasteiger partial charge in [-0.1, -0.05) is 37.0 Å². The fourth-order valence-corrected chi connectivity index (χ4v) is 5.39. The summed E-state index contributed by atoms with van der Waals surface area (Å²) in [4.78, 5) is 14.3. The lowest BCUT2D eigenvalue weighted by Gasteiger charge is -2.38. The topological polar surface area (TPSA) is 60.9 Å². The molecule has 0 radical (unpaired) electrons. The van der Waals surface area contributed by atoms with E-state index in [9.17, 15) is 13.2 Å². The molecule has 1 aromatic rings. The Balaban J connectivity index is 1.60. The molecule has 3 rings (SSSR count). The van der Waals surface area contributed by atoms with Crippen LogP contribution < -0.4 is 0 Å². The lowest BCUT2D eigenvalue weighted by molar-refractivity contribution is 0.0693. The summed E-state index contributed by atoms with van der Waals surface area (Å²) in [5.41, 5.74) is 1.77. The van der Waals surface area contributed by atoms with Gasteiger partial charge in [-0.05, 0) is 31.9 Å². The maximum Gasteiger partial charge on any atom is 0.282 e. The molecule has 0 unspecified atom stereocenters. The summed E-state index contributed by atoms with van der Waals surface area (Å²) in [5.74, 6) is -0.0253. The van der Waals surface area contributed by atoms with E-state index in [1.807, 2.05) is 31.2 Å². The average molecular weight is 380 g/mol. The lowest BCUT2D eigenvalue weighted by Crippen LogP contribution is -2.55. The van der Waals surface area contributed by atoms with Crippen molar-refractivity contribution in [3.63, 3.8) is 0 Å². The Morgan fingerprint density at radius 2 is 1.58 bits per heavy atom. The first-order valence-electron chi connectivity index (χ1n) is 9.48. The number of carbonyl (C=O) groups is 1. The fraction of sp³-hybridized carbons (Fsp3) is 0.632. The molecule has 2 fully saturated rings. The van der Waals surface area contributed by atoms with E-state index in [1.54, 1.807) is 16.3 Å². The van der Waals surface area contributed by atoms with Crippen LogP contribution in [0.4, 0.5) is 0 Å². The molecule has 0 atom stereocenters. The second-order valence-electron chi connectivity index (χ2n) is 7.37. The average Bonchev–Trinajstić information content (AvgIpc) is 2.68. The Bertz CT molecular complexity index is 719. The third-order valence-electron chi connectivity index (χ3n) is 5.60. The van der Waals surface area contributed by atoms with Crippen molar-refractivity contribution in [3.05, 3.63) is 35.4 Å². The zero-order valence-corrected chi connectivity index (χ0v) is 16.5. The molecule has 1 aliphatic heterocycles. The van der Waals surface area contributed by atoms with Gasteiger partial charge in [0.2, 0.25) is 0 Å². The molecule has 0 bridgehead atoms. The summed E-state index contributed by atoms with van der Waals surface area (Å²) < 4.78 is 28.9. The highest BCUT2D eigenvalue weighted by Crippen LogP contribution is 2.25. The third-order valence-corrected chi connectivity index (χ3v) is 7.65. The molecule has 6 nitrogen and oxygen atoms in total. The number of nitrogens with zero attached hydrogens (tertiary/aromatic N) is 3. The highest BCUT2D eigenvalue weighted by molar-refractivity contribution is 7.86. The molecule has 26 heavy (non-hydrogen) atoms. The summed E-state index contributed by atoms with van der Waals surface area (Å²) >= 11 is 0. The van der Waals surface area contributed by atoms with Crippen molar-refractivity contribution in [3.8, 4) is 0 Å². The molecule has 1 aliphatic carbocycles. The summed E-state index contributed by atoms with van der Waals surface area (Å²) in [5, 5.41) is 0. The zero-order valence-electron chi connectivity index (χ0n) is 15.7. The van der Waals surface area contributed by atoms with Gasteiger partial charge in [0.05, 0.1) is 0 Å². The van der Waals surface area contributed by atoms with Gasteiger partial charge in [-0.25, -0.2) is 0 Å². The molecule has 1 saturated carbocycles. The Labute approximate surface area is 157 Å². The minimum absolute atomic E-state index is 0.0253. The van der Waals surface area contributed by atoms with Crippen molar-refractivity contribution in [2.45, 2.75) is 45.1 Å². The Kier molecular flexibility index (Phi) is 5.99. The summed E-state index contributed by atoms with van der Waals surface area (Å²) in [6.07, 6.45) is 5.29. The van der Waals surface area contributed by atoms with Gasteiger partial charge in [0.15, 0.2) is 0 Å². The highest BCUT2D eigenvalue weighted by atomic mass is 32.2. The van der Waals surface area contributed by atoms with Gasteiger partial charge in [0.25, 0.3) is 16.1 Å². The fourth-order valence-electron chi connectivity index (χ4n) is 3.82. The standard InChI is InChI=1S/C19H29N3O3S/c1-16-8-10-17(11-9-16)19(23)21-12-14-22(15-13-21)26(24,25)20(2)18-6-4-3-5-7-18/h8-11,18H,3-7,12-15H2,1-2H3. The normalized spacial score (nSPS) is 20.5. The maximum atomic E-state index is 12.9. The number of benzene rings is 1. The van der Waals surface area contributed by atoms with Crippen LogP contribution in [-0.2, 0) is 10.2 Å². The molecular weight excluding hydrogens is 350 g/mol. The van der Waals surface area contributed by atoms with Crippen LogP contribution in [0.25, 0.3) is 0 Å². The first-order chi connectivity index (χ1) is 12.4. The first-order valence-corrected chi connectivity index (χ1v) is 10.9. The second kappa shape index (κ2) is 8.06. The second-order valence-corrected chi connectivity index (χ2v) is 9.36. The van der Waals surface area contributed by atoms with E-state index in [2.05, 4.69) is 0 Å². The van der Waals surface area contributed by atoms with E-state index in [1.165, 1.54) is 10.7 Å². The molecule has 0 spiro atoms. The van der Waals surface area contributed by atoms with Crippen molar-refractivity contribution in [2.24, 2.45) is 0 Å². The van der Waals surface area contributed by atoms with Crippen LogP contribution in [0.3, 0.4) is 0 Å². The number of hydrogen-bond donors (Lipinski definition) is 0.